The van der Waals surface area contributed by atoms with Crippen molar-refractivity contribution in [1.29, 1.82) is 0 Å². The fourth-order valence-corrected chi connectivity index (χ4v) is 2.39. The van der Waals surface area contributed by atoms with Crippen LogP contribution in [0.2, 0.25) is 0 Å². The molecule has 0 radical (unpaired) electrons. The molecule has 4 heteroatoms. The maximum atomic E-state index is 4.43. The van der Waals surface area contributed by atoms with Gasteiger partial charge in [-0.2, -0.15) is 0 Å². The number of aryl methyl sites for hydroxylation is 2. The number of hydrogen-bond donors (Lipinski definition) is 1. The van der Waals surface area contributed by atoms with Crippen LogP contribution < -0.4 is 10.2 Å². The highest BCUT2D eigenvalue weighted by molar-refractivity contribution is 5.67. The van der Waals surface area contributed by atoms with Crippen molar-refractivity contribution in [1.82, 2.24) is 9.97 Å². The summed E-state index contributed by atoms with van der Waals surface area (Å²) in [5.41, 5.74) is 4.72. The van der Waals surface area contributed by atoms with Crippen molar-refractivity contribution < 1.29 is 0 Å². The largest absolute Gasteiger partial charge is 0.370 e. The van der Waals surface area contributed by atoms with Crippen molar-refractivity contribution in [3.8, 4) is 0 Å². The van der Waals surface area contributed by atoms with E-state index in [2.05, 4.69) is 59.2 Å². The Bertz CT molecular complexity index is 587. The van der Waals surface area contributed by atoms with Crippen LogP contribution in [0.5, 0.6) is 0 Å². The van der Waals surface area contributed by atoms with Gasteiger partial charge in [0.2, 0.25) is 0 Å². The van der Waals surface area contributed by atoms with Gasteiger partial charge in [0.1, 0.15) is 18.0 Å². The summed E-state index contributed by atoms with van der Waals surface area (Å²) >= 11 is 0. The zero-order chi connectivity index (χ0) is 14.7. The maximum Gasteiger partial charge on any atom is 0.141 e. The highest BCUT2D eigenvalue weighted by atomic mass is 15.2. The standard InChI is InChI=1S/C16H22N4/c1-6-17-15-13(4)16(19-10-18-15)20(5)14-8-11(2)7-12(3)9-14/h7-10H,6H2,1-5H3,(H,17,18,19). The Balaban J connectivity index is 2.42. The number of benzene rings is 1. The number of anilines is 3. The maximum absolute atomic E-state index is 4.43. The van der Waals surface area contributed by atoms with Gasteiger partial charge in [-0.3, -0.25) is 0 Å². The minimum absolute atomic E-state index is 0.852. The zero-order valence-electron chi connectivity index (χ0n) is 12.9. The Morgan fingerprint density at radius 3 is 2.30 bits per heavy atom. The smallest absolute Gasteiger partial charge is 0.141 e. The van der Waals surface area contributed by atoms with E-state index in [-0.39, 0.29) is 0 Å². The average Bonchev–Trinajstić information content (AvgIpc) is 2.39. The van der Waals surface area contributed by atoms with E-state index in [4.69, 9.17) is 0 Å². The SMILES string of the molecule is CCNc1ncnc(N(C)c2cc(C)cc(C)c2)c1C. The summed E-state index contributed by atoms with van der Waals surface area (Å²) in [6.45, 7) is 9.19. The molecule has 2 rings (SSSR count). The lowest BCUT2D eigenvalue weighted by Gasteiger charge is -2.22. The summed E-state index contributed by atoms with van der Waals surface area (Å²) in [4.78, 5) is 10.8. The quantitative estimate of drug-likeness (QED) is 0.921. The first kappa shape index (κ1) is 14.3. The van der Waals surface area contributed by atoms with E-state index in [1.165, 1.54) is 11.1 Å². The average molecular weight is 270 g/mol. The van der Waals surface area contributed by atoms with E-state index < -0.39 is 0 Å². The van der Waals surface area contributed by atoms with Crippen LogP contribution in [0.15, 0.2) is 24.5 Å². The van der Waals surface area contributed by atoms with E-state index >= 15 is 0 Å². The third kappa shape index (κ3) is 2.90. The number of rotatable bonds is 4. The van der Waals surface area contributed by atoms with Gasteiger partial charge in [-0.1, -0.05) is 6.07 Å². The number of nitrogens with one attached hydrogen (secondary N) is 1. The molecule has 20 heavy (non-hydrogen) atoms. The predicted octanol–water partition coefficient (Wildman–Crippen LogP) is 3.60. The van der Waals surface area contributed by atoms with Crippen LogP contribution in [0, 0.1) is 20.8 Å². The Morgan fingerprint density at radius 2 is 1.70 bits per heavy atom. The fraction of sp³-hybridized carbons (Fsp3) is 0.375. The molecule has 0 bridgehead atoms. The molecule has 0 aliphatic carbocycles. The second-order valence-electron chi connectivity index (χ2n) is 5.11. The van der Waals surface area contributed by atoms with Gasteiger partial charge < -0.3 is 10.2 Å². The molecule has 0 unspecified atom stereocenters. The normalized spacial score (nSPS) is 10.4. The van der Waals surface area contributed by atoms with Gasteiger partial charge in [-0.05, 0) is 51.0 Å². The van der Waals surface area contributed by atoms with E-state index in [0.29, 0.717) is 0 Å². The molecule has 1 N–H and O–H groups in total. The summed E-state index contributed by atoms with van der Waals surface area (Å²) in [5, 5.41) is 3.27. The lowest BCUT2D eigenvalue weighted by Crippen LogP contribution is -2.15. The lowest BCUT2D eigenvalue weighted by atomic mass is 10.1. The van der Waals surface area contributed by atoms with E-state index in [1.54, 1.807) is 6.33 Å². The molecule has 0 spiro atoms. The van der Waals surface area contributed by atoms with Crippen LogP contribution in [0.1, 0.15) is 23.6 Å². The van der Waals surface area contributed by atoms with Crippen molar-refractivity contribution >= 4 is 17.3 Å². The van der Waals surface area contributed by atoms with Gasteiger partial charge in [0, 0.05) is 24.8 Å². The highest BCUT2D eigenvalue weighted by Gasteiger charge is 2.12. The highest BCUT2D eigenvalue weighted by Crippen LogP contribution is 2.28. The van der Waals surface area contributed by atoms with Gasteiger partial charge in [0.05, 0.1) is 0 Å². The van der Waals surface area contributed by atoms with Crippen molar-refractivity contribution in [3.05, 3.63) is 41.2 Å². The molecule has 0 atom stereocenters. The summed E-state index contributed by atoms with van der Waals surface area (Å²) in [5.74, 6) is 1.83. The van der Waals surface area contributed by atoms with Crippen LogP contribution in [0.3, 0.4) is 0 Å². The molecule has 0 saturated heterocycles. The first-order chi connectivity index (χ1) is 9.52. The molecule has 1 aromatic carbocycles. The minimum atomic E-state index is 0.852. The van der Waals surface area contributed by atoms with E-state index in [1.807, 2.05) is 14.0 Å². The van der Waals surface area contributed by atoms with E-state index in [9.17, 15) is 0 Å². The van der Waals surface area contributed by atoms with Gasteiger partial charge in [-0.25, -0.2) is 9.97 Å². The van der Waals surface area contributed by atoms with Gasteiger partial charge in [-0.15, -0.1) is 0 Å². The third-order valence-corrected chi connectivity index (χ3v) is 3.31. The topological polar surface area (TPSA) is 41.1 Å². The molecular weight excluding hydrogens is 248 g/mol. The number of aromatic nitrogens is 2. The van der Waals surface area contributed by atoms with Crippen LogP contribution in [0.4, 0.5) is 17.3 Å². The monoisotopic (exact) mass is 270 g/mol. The molecule has 0 fully saturated rings. The van der Waals surface area contributed by atoms with Crippen LogP contribution in [-0.2, 0) is 0 Å². The van der Waals surface area contributed by atoms with Crippen molar-refractivity contribution in [2.75, 3.05) is 23.8 Å². The fourth-order valence-electron chi connectivity index (χ4n) is 2.39. The van der Waals surface area contributed by atoms with Gasteiger partial charge in [0.25, 0.3) is 0 Å². The molecule has 4 nitrogen and oxygen atoms in total. The molecule has 2 aromatic rings. The summed E-state index contributed by atoms with van der Waals surface area (Å²) < 4.78 is 0. The molecule has 106 valence electrons. The van der Waals surface area contributed by atoms with Crippen LogP contribution >= 0.6 is 0 Å². The molecule has 0 aliphatic heterocycles. The van der Waals surface area contributed by atoms with Crippen LogP contribution in [-0.4, -0.2) is 23.6 Å². The number of hydrogen-bond acceptors (Lipinski definition) is 4. The van der Waals surface area contributed by atoms with E-state index in [0.717, 1.165) is 29.4 Å². The lowest BCUT2D eigenvalue weighted by molar-refractivity contribution is 1.03. The van der Waals surface area contributed by atoms with Gasteiger partial charge in [0.15, 0.2) is 0 Å². The first-order valence-corrected chi connectivity index (χ1v) is 6.90. The molecule has 1 heterocycles. The summed E-state index contributed by atoms with van der Waals surface area (Å²) in [6, 6.07) is 6.51. The van der Waals surface area contributed by atoms with Gasteiger partial charge >= 0.3 is 0 Å². The zero-order valence-corrected chi connectivity index (χ0v) is 12.9. The molecule has 1 aromatic heterocycles. The molecular formula is C16H22N4. The first-order valence-electron chi connectivity index (χ1n) is 6.90. The second-order valence-corrected chi connectivity index (χ2v) is 5.11. The van der Waals surface area contributed by atoms with Crippen LogP contribution in [0.25, 0.3) is 0 Å². The summed E-state index contributed by atoms with van der Waals surface area (Å²) in [7, 11) is 2.04. The minimum Gasteiger partial charge on any atom is -0.370 e. The Hall–Kier alpha value is -2.10. The van der Waals surface area contributed by atoms with Crippen molar-refractivity contribution in [2.24, 2.45) is 0 Å². The van der Waals surface area contributed by atoms with Crippen molar-refractivity contribution in [2.45, 2.75) is 27.7 Å². The molecule has 0 amide bonds. The Morgan fingerprint density at radius 1 is 1.05 bits per heavy atom. The Labute approximate surface area is 120 Å². The Kier molecular flexibility index (Phi) is 4.23. The number of nitrogens with zero attached hydrogens (tertiary/aromatic N) is 3. The second kappa shape index (κ2) is 5.90. The summed E-state index contributed by atoms with van der Waals surface area (Å²) in [6.07, 6.45) is 1.61. The predicted molar refractivity (Wildman–Crippen MR) is 84.9 cm³/mol. The van der Waals surface area contributed by atoms with Crippen molar-refractivity contribution in [3.63, 3.8) is 0 Å². The molecule has 0 aliphatic rings. The third-order valence-electron chi connectivity index (χ3n) is 3.31. The molecule has 0 saturated carbocycles.